The number of carbonyl (C=O) groups excluding carboxylic acids is 2. The summed E-state index contributed by atoms with van der Waals surface area (Å²) in [5.41, 5.74) is -0.612. The third kappa shape index (κ3) is 6.86. The van der Waals surface area contributed by atoms with E-state index in [0.29, 0.717) is 36.7 Å². The Bertz CT molecular complexity index is 682. The Kier molecular flexibility index (Phi) is 7.52. The Hall–Kier alpha value is -2.02. The quantitative estimate of drug-likeness (QED) is 0.799. The van der Waals surface area contributed by atoms with Crippen LogP contribution in [0.4, 0.5) is 4.79 Å². The molecule has 8 heteroatoms. The summed E-state index contributed by atoms with van der Waals surface area (Å²) in [6, 6.07) is 1.11. The number of hydrogen-bond donors (Lipinski definition) is 1. The minimum atomic E-state index is -0.621. The predicted octanol–water partition coefficient (Wildman–Crippen LogP) is 3.65. The molecule has 0 aromatic carbocycles. The van der Waals surface area contributed by atoms with Crippen LogP contribution in [0.1, 0.15) is 47.5 Å². The van der Waals surface area contributed by atoms with E-state index in [4.69, 9.17) is 21.1 Å². The number of alkyl carbamates (subject to hydrolysis) is 1. The lowest BCUT2D eigenvalue weighted by molar-refractivity contribution is -0.136. The van der Waals surface area contributed by atoms with E-state index >= 15 is 0 Å². The normalized spacial score (nSPS) is 16.6. The Morgan fingerprint density at radius 3 is 2.43 bits per heavy atom. The van der Waals surface area contributed by atoms with E-state index in [1.165, 1.54) is 0 Å². The van der Waals surface area contributed by atoms with Crippen molar-refractivity contribution in [1.82, 2.24) is 15.2 Å². The molecule has 1 aliphatic heterocycles. The number of likely N-dealkylation sites (tertiary alicyclic amines) is 1. The molecule has 1 aliphatic rings. The number of pyridine rings is 1. The summed E-state index contributed by atoms with van der Waals surface area (Å²) in [4.78, 5) is 30.8. The van der Waals surface area contributed by atoms with Crippen molar-refractivity contribution in [3.8, 4) is 5.75 Å². The minimum absolute atomic E-state index is 0.000585. The lowest BCUT2D eigenvalue weighted by Crippen LogP contribution is -2.54. The zero-order valence-electron chi connectivity index (χ0n) is 17.2. The van der Waals surface area contributed by atoms with Crippen LogP contribution in [-0.4, -0.2) is 52.7 Å². The zero-order valence-corrected chi connectivity index (χ0v) is 18.0. The molecule has 7 nitrogen and oxygen atoms in total. The molecule has 1 fully saturated rings. The number of hydrogen-bond acceptors (Lipinski definition) is 5. The highest BCUT2D eigenvalue weighted by Crippen LogP contribution is 2.22. The van der Waals surface area contributed by atoms with Gasteiger partial charge in [0, 0.05) is 38.2 Å². The van der Waals surface area contributed by atoms with Gasteiger partial charge < -0.3 is 19.7 Å². The third-order valence-corrected chi connectivity index (χ3v) is 4.55. The van der Waals surface area contributed by atoms with Gasteiger partial charge in [0.1, 0.15) is 23.5 Å². The molecule has 0 saturated carbocycles. The second-order valence-electron chi connectivity index (χ2n) is 8.35. The molecule has 156 valence electrons. The summed E-state index contributed by atoms with van der Waals surface area (Å²) >= 11 is 5.93. The largest absolute Gasteiger partial charge is 0.489 e. The van der Waals surface area contributed by atoms with Gasteiger partial charge in [-0.25, -0.2) is 4.79 Å². The number of carbonyl (C=O) groups is 2. The van der Waals surface area contributed by atoms with Gasteiger partial charge in [-0.1, -0.05) is 25.4 Å². The van der Waals surface area contributed by atoms with Gasteiger partial charge in [0.15, 0.2) is 0 Å². The zero-order chi connectivity index (χ0) is 20.9. The molecule has 0 unspecified atom stereocenters. The van der Waals surface area contributed by atoms with E-state index in [1.54, 1.807) is 44.1 Å². The monoisotopic (exact) mass is 411 g/mol. The molecule has 0 aliphatic carbocycles. The first kappa shape index (κ1) is 22.3. The van der Waals surface area contributed by atoms with Crippen LogP contribution in [0.25, 0.3) is 0 Å². The Morgan fingerprint density at radius 2 is 1.89 bits per heavy atom. The highest BCUT2D eigenvalue weighted by atomic mass is 35.5. The fourth-order valence-corrected chi connectivity index (χ4v) is 3.15. The van der Waals surface area contributed by atoms with Crippen molar-refractivity contribution in [1.29, 1.82) is 0 Å². The number of piperidine rings is 1. The Labute approximate surface area is 171 Å². The van der Waals surface area contributed by atoms with Gasteiger partial charge in [-0.2, -0.15) is 0 Å². The first-order valence-electron chi connectivity index (χ1n) is 9.60. The van der Waals surface area contributed by atoms with Crippen molar-refractivity contribution >= 4 is 23.6 Å². The second kappa shape index (κ2) is 9.45. The number of halogens is 1. The van der Waals surface area contributed by atoms with Gasteiger partial charge >= 0.3 is 6.09 Å². The summed E-state index contributed by atoms with van der Waals surface area (Å²) in [5.74, 6) is 0.485. The molecule has 1 atom stereocenters. The van der Waals surface area contributed by atoms with Crippen molar-refractivity contribution in [2.75, 3.05) is 13.1 Å². The maximum atomic E-state index is 12.9. The number of aromatic nitrogens is 1. The van der Waals surface area contributed by atoms with E-state index < -0.39 is 17.7 Å². The van der Waals surface area contributed by atoms with Crippen LogP contribution in [0.3, 0.4) is 0 Å². The molecule has 2 rings (SSSR count). The summed E-state index contributed by atoms with van der Waals surface area (Å²) in [6.45, 7) is 10.3. The SMILES string of the molecule is CC(C)[C@H](NC(=O)OC(C)(C)C)C(=O)N1CCC(Oc2cncc(Cl)c2)CC1. The van der Waals surface area contributed by atoms with Crippen molar-refractivity contribution < 1.29 is 19.1 Å². The fourth-order valence-electron chi connectivity index (χ4n) is 2.99. The molecule has 28 heavy (non-hydrogen) atoms. The molecule has 2 heterocycles. The lowest BCUT2D eigenvalue weighted by atomic mass is 10.0. The average molecular weight is 412 g/mol. The molecule has 0 spiro atoms. The molecule has 1 saturated heterocycles. The maximum Gasteiger partial charge on any atom is 0.408 e. The summed E-state index contributed by atoms with van der Waals surface area (Å²) in [5, 5.41) is 3.25. The first-order chi connectivity index (χ1) is 13.0. The smallest absolute Gasteiger partial charge is 0.408 e. The molecular formula is C20H30ClN3O4. The van der Waals surface area contributed by atoms with Crippen LogP contribution in [0.15, 0.2) is 18.5 Å². The molecule has 0 radical (unpaired) electrons. The molecule has 1 aromatic heterocycles. The van der Waals surface area contributed by atoms with Gasteiger partial charge in [0.05, 0.1) is 11.2 Å². The van der Waals surface area contributed by atoms with Gasteiger partial charge in [0.2, 0.25) is 5.91 Å². The van der Waals surface area contributed by atoms with Crippen LogP contribution in [-0.2, 0) is 9.53 Å². The number of nitrogens with zero attached hydrogens (tertiary/aromatic N) is 2. The summed E-state index contributed by atoms with van der Waals surface area (Å²) < 4.78 is 11.2. The number of amides is 2. The van der Waals surface area contributed by atoms with Crippen molar-refractivity contribution in [3.63, 3.8) is 0 Å². The molecular weight excluding hydrogens is 382 g/mol. The van der Waals surface area contributed by atoms with Crippen LogP contribution >= 0.6 is 11.6 Å². The molecule has 1 N–H and O–H groups in total. The number of rotatable bonds is 5. The highest BCUT2D eigenvalue weighted by Gasteiger charge is 2.32. The molecule has 1 aromatic rings. The van der Waals surface area contributed by atoms with Crippen molar-refractivity contribution in [3.05, 3.63) is 23.5 Å². The van der Waals surface area contributed by atoms with E-state index in [1.807, 2.05) is 13.8 Å². The molecule has 2 amide bonds. The Morgan fingerprint density at radius 1 is 1.25 bits per heavy atom. The van der Waals surface area contributed by atoms with Crippen LogP contribution in [0.5, 0.6) is 5.75 Å². The highest BCUT2D eigenvalue weighted by molar-refractivity contribution is 6.30. The third-order valence-electron chi connectivity index (χ3n) is 4.34. The second-order valence-corrected chi connectivity index (χ2v) is 8.79. The van der Waals surface area contributed by atoms with Gasteiger partial charge in [-0.3, -0.25) is 9.78 Å². The van der Waals surface area contributed by atoms with E-state index in [-0.39, 0.29) is 17.9 Å². The summed E-state index contributed by atoms with van der Waals surface area (Å²) in [6.07, 6.45) is 4.01. The van der Waals surface area contributed by atoms with Crippen molar-refractivity contribution in [2.45, 2.75) is 65.2 Å². The lowest BCUT2D eigenvalue weighted by Gasteiger charge is -2.35. The van der Waals surface area contributed by atoms with Crippen LogP contribution < -0.4 is 10.1 Å². The van der Waals surface area contributed by atoms with Crippen molar-refractivity contribution in [2.24, 2.45) is 5.92 Å². The van der Waals surface area contributed by atoms with E-state index in [9.17, 15) is 9.59 Å². The average Bonchev–Trinajstić information content (AvgIpc) is 2.58. The predicted molar refractivity (Wildman–Crippen MR) is 107 cm³/mol. The van der Waals surface area contributed by atoms with Gasteiger partial charge in [-0.15, -0.1) is 0 Å². The standard InChI is InChI=1S/C20H30ClN3O4/c1-13(2)17(23-19(26)28-20(3,4)5)18(25)24-8-6-15(7-9-24)27-16-10-14(21)11-22-12-16/h10-13,15,17H,6-9H2,1-5H3,(H,23,26)/t17-/m0/s1. The number of nitrogens with one attached hydrogen (secondary N) is 1. The van der Waals surface area contributed by atoms with E-state index in [2.05, 4.69) is 10.3 Å². The maximum absolute atomic E-state index is 12.9. The van der Waals surface area contributed by atoms with Crippen LogP contribution in [0.2, 0.25) is 5.02 Å². The Balaban J connectivity index is 1.90. The minimum Gasteiger partial charge on any atom is -0.489 e. The van der Waals surface area contributed by atoms with Crippen LogP contribution in [0, 0.1) is 5.92 Å². The topological polar surface area (TPSA) is 80.8 Å². The fraction of sp³-hybridized carbons (Fsp3) is 0.650. The summed E-state index contributed by atoms with van der Waals surface area (Å²) in [7, 11) is 0. The van der Waals surface area contributed by atoms with Gasteiger partial charge in [0.25, 0.3) is 0 Å². The first-order valence-corrected chi connectivity index (χ1v) is 9.98. The van der Waals surface area contributed by atoms with Gasteiger partial charge in [-0.05, 0) is 26.7 Å². The molecule has 0 bridgehead atoms. The number of ether oxygens (including phenoxy) is 2. The van der Waals surface area contributed by atoms with E-state index in [0.717, 1.165) is 0 Å².